The summed E-state index contributed by atoms with van der Waals surface area (Å²) in [5, 5.41) is 15.5. The number of carbonyl (C=O) groups excluding carboxylic acids is 2. The zero-order valence-electron chi connectivity index (χ0n) is 21.7. The first kappa shape index (κ1) is 25.9. The molecule has 0 saturated carbocycles. The van der Waals surface area contributed by atoms with Crippen molar-refractivity contribution in [1.29, 1.82) is 5.26 Å². The summed E-state index contributed by atoms with van der Waals surface area (Å²) >= 11 is 0. The van der Waals surface area contributed by atoms with E-state index >= 15 is 0 Å². The number of anilines is 2. The molecule has 2 aromatic carbocycles. The standard InChI is InChI=1S/C29H32N6O2/c1-19-15-26(33-28-12-5-21(17-30)18-32-28)25-16-24(10-11-27(25)35(19)20(2)36)22-6-8-23(9-7-22)29(37)31-13-14-34(3)4/h5-12,16,18-19,26H,13-15H2,1-4H3,(H,31,37)(H,32,33)/t19-,26+/m0/s1. The monoisotopic (exact) mass is 496 g/mol. The number of nitriles is 1. The van der Waals surface area contributed by atoms with Crippen LogP contribution in [0, 0.1) is 11.3 Å². The molecule has 0 fully saturated rings. The minimum absolute atomic E-state index is 0.00100. The van der Waals surface area contributed by atoms with E-state index in [1.165, 1.54) is 0 Å². The van der Waals surface area contributed by atoms with E-state index in [2.05, 4.69) is 27.8 Å². The predicted octanol–water partition coefficient (Wildman–Crippen LogP) is 4.21. The minimum Gasteiger partial charge on any atom is -0.363 e. The van der Waals surface area contributed by atoms with Crippen LogP contribution in [-0.2, 0) is 4.79 Å². The Balaban J connectivity index is 1.61. The number of hydrogen-bond acceptors (Lipinski definition) is 6. The molecule has 3 aromatic rings. The first-order valence-corrected chi connectivity index (χ1v) is 12.4. The molecule has 8 nitrogen and oxygen atoms in total. The van der Waals surface area contributed by atoms with E-state index in [4.69, 9.17) is 5.26 Å². The van der Waals surface area contributed by atoms with E-state index in [0.717, 1.165) is 28.9 Å². The first-order valence-electron chi connectivity index (χ1n) is 12.4. The van der Waals surface area contributed by atoms with Crippen molar-refractivity contribution in [3.8, 4) is 17.2 Å². The molecule has 0 radical (unpaired) electrons. The number of fused-ring (bicyclic) bond motifs is 1. The van der Waals surface area contributed by atoms with Gasteiger partial charge in [-0.05, 0) is 80.5 Å². The average Bonchev–Trinajstić information content (AvgIpc) is 2.88. The van der Waals surface area contributed by atoms with Crippen LogP contribution in [-0.4, -0.2) is 54.9 Å². The fourth-order valence-electron chi connectivity index (χ4n) is 4.69. The SMILES string of the molecule is CC(=O)N1c2ccc(-c3ccc(C(=O)NCCN(C)C)cc3)cc2[C@H](Nc2ccc(C#N)cn2)C[C@@H]1C. The second-order valence-corrected chi connectivity index (χ2v) is 9.62. The molecule has 8 heteroatoms. The van der Waals surface area contributed by atoms with Crippen LogP contribution in [0.15, 0.2) is 60.8 Å². The Kier molecular flexibility index (Phi) is 7.85. The average molecular weight is 497 g/mol. The number of aromatic nitrogens is 1. The molecule has 37 heavy (non-hydrogen) atoms. The maximum Gasteiger partial charge on any atom is 0.251 e. The highest BCUT2D eigenvalue weighted by atomic mass is 16.2. The third-order valence-electron chi connectivity index (χ3n) is 6.56. The summed E-state index contributed by atoms with van der Waals surface area (Å²) in [6.07, 6.45) is 2.26. The van der Waals surface area contributed by atoms with Crippen molar-refractivity contribution in [2.24, 2.45) is 0 Å². The molecule has 0 bridgehead atoms. The van der Waals surface area contributed by atoms with Crippen molar-refractivity contribution in [3.63, 3.8) is 0 Å². The Bertz CT molecular complexity index is 1310. The van der Waals surface area contributed by atoms with E-state index in [-0.39, 0.29) is 23.9 Å². The normalized spacial score (nSPS) is 16.6. The molecular weight excluding hydrogens is 464 g/mol. The van der Waals surface area contributed by atoms with E-state index in [1.54, 1.807) is 25.3 Å². The van der Waals surface area contributed by atoms with Gasteiger partial charge in [-0.15, -0.1) is 0 Å². The second kappa shape index (κ2) is 11.2. The molecule has 2 atom stereocenters. The van der Waals surface area contributed by atoms with Gasteiger partial charge in [0.1, 0.15) is 11.9 Å². The van der Waals surface area contributed by atoms with Crippen molar-refractivity contribution in [3.05, 3.63) is 77.5 Å². The number of hydrogen-bond donors (Lipinski definition) is 2. The number of nitrogens with one attached hydrogen (secondary N) is 2. The molecule has 1 aromatic heterocycles. The number of amides is 2. The molecule has 1 aliphatic rings. The molecule has 0 aliphatic carbocycles. The van der Waals surface area contributed by atoms with Crippen LogP contribution >= 0.6 is 0 Å². The lowest BCUT2D eigenvalue weighted by Crippen LogP contribution is -2.43. The van der Waals surface area contributed by atoms with Crippen LogP contribution in [0.1, 0.15) is 47.8 Å². The first-order chi connectivity index (χ1) is 17.8. The molecule has 190 valence electrons. The summed E-state index contributed by atoms with van der Waals surface area (Å²) in [6.45, 7) is 5.00. The number of benzene rings is 2. The topological polar surface area (TPSA) is 101 Å². The van der Waals surface area contributed by atoms with Gasteiger partial charge in [0.05, 0.1) is 11.6 Å². The van der Waals surface area contributed by atoms with Crippen LogP contribution < -0.4 is 15.5 Å². The smallest absolute Gasteiger partial charge is 0.251 e. The quantitative estimate of drug-likeness (QED) is 0.508. The lowest BCUT2D eigenvalue weighted by atomic mass is 9.89. The molecule has 0 spiro atoms. The van der Waals surface area contributed by atoms with E-state index in [1.807, 2.05) is 67.2 Å². The molecule has 4 rings (SSSR count). The van der Waals surface area contributed by atoms with E-state index in [0.29, 0.717) is 29.9 Å². The predicted molar refractivity (Wildman–Crippen MR) is 145 cm³/mol. The van der Waals surface area contributed by atoms with Crippen molar-refractivity contribution < 1.29 is 9.59 Å². The van der Waals surface area contributed by atoms with Gasteiger partial charge >= 0.3 is 0 Å². The van der Waals surface area contributed by atoms with Gasteiger partial charge in [0.15, 0.2) is 0 Å². The maximum absolute atomic E-state index is 12.5. The lowest BCUT2D eigenvalue weighted by molar-refractivity contribution is -0.117. The van der Waals surface area contributed by atoms with Crippen molar-refractivity contribution >= 4 is 23.3 Å². The van der Waals surface area contributed by atoms with Gasteiger partial charge in [-0.2, -0.15) is 5.26 Å². The van der Waals surface area contributed by atoms with Gasteiger partial charge in [-0.25, -0.2) is 4.98 Å². The van der Waals surface area contributed by atoms with E-state index in [9.17, 15) is 9.59 Å². The van der Waals surface area contributed by atoms with Gasteiger partial charge in [-0.3, -0.25) is 9.59 Å². The second-order valence-electron chi connectivity index (χ2n) is 9.62. The molecular formula is C29H32N6O2. The Labute approximate surface area is 217 Å². The lowest BCUT2D eigenvalue weighted by Gasteiger charge is -2.39. The Morgan fingerprint density at radius 2 is 1.84 bits per heavy atom. The van der Waals surface area contributed by atoms with Crippen molar-refractivity contribution in [2.45, 2.75) is 32.4 Å². The van der Waals surface area contributed by atoms with Gasteiger partial charge in [0.25, 0.3) is 5.91 Å². The van der Waals surface area contributed by atoms with Gasteiger partial charge < -0.3 is 20.4 Å². The number of nitrogens with zero attached hydrogens (tertiary/aromatic N) is 4. The van der Waals surface area contributed by atoms with Gasteiger partial charge in [-0.1, -0.05) is 18.2 Å². The van der Waals surface area contributed by atoms with Crippen molar-refractivity contribution in [1.82, 2.24) is 15.2 Å². The highest BCUT2D eigenvalue weighted by Crippen LogP contribution is 2.41. The summed E-state index contributed by atoms with van der Waals surface area (Å²) < 4.78 is 0. The summed E-state index contributed by atoms with van der Waals surface area (Å²) in [5.41, 5.74) is 4.97. The fraction of sp³-hybridized carbons (Fsp3) is 0.310. The van der Waals surface area contributed by atoms with E-state index < -0.39 is 0 Å². The highest BCUT2D eigenvalue weighted by molar-refractivity contribution is 5.95. The Morgan fingerprint density at radius 1 is 1.11 bits per heavy atom. The number of likely N-dealkylation sites (N-methyl/N-ethyl adjacent to an activating group) is 1. The molecule has 2 heterocycles. The largest absolute Gasteiger partial charge is 0.363 e. The molecule has 0 saturated heterocycles. The molecule has 1 aliphatic heterocycles. The molecule has 2 N–H and O–H groups in total. The third-order valence-corrected chi connectivity index (χ3v) is 6.56. The minimum atomic E-state index is -0.0934. The molecule has 0 unspecified atom stereocenters. The van der Waals surface area contributed by atoms with Gasteiger partial charge in [0, 0.05) is 43.5 Å². The maximum atomic E-state index is 12.5. The zero-order valence-corrected chi connectivity index (χ0v) is 21.7. The third kappa shape index (κ3) is 5.96. The fourth-order valence-corrected chi connectivity index (χ4v) is 4.69. The van der Waals surface area contributed by atoms with Crippen molar-refractivity contribution in [2.75, 3.05) is 37.4 Å². The number of pyridine rings is 1. The van der Waals surface area contributed by atoms with Crippen LogP contribution in [0.2, 0.25) is 0 Å². The van der Waals surface area contributed by atoms with Gasteiger partial charge in [0.2, 0.25) is 5.91 Å². The van der Waals surface area contributed by atoms with Crippen LogP contribution in [0.25, 0.3) is 11.1 Å². The van der Waals surface area contributed by atoms with Crippen LogP contribution in [0.5, 0.6) is 0 Å². The van der Waals surface area contributed by atoms with Crippen LogP contribution in [0.3, 0.4) is 0 Å². The highest BCUT2D eigenvalue weighted by Gasteiger charge is 2.32. The summed E-state index contributed by atoms with van der Waals surface area (Å²) in [5.74, 6) is 0.582. The number of carbonyl (C=O) groups is 2. The molecule has 2 amide bonds. The Morgan fingerprint density at radius 3 is 2.46 bits per heavy atom. The Hall–Kier alpha value is -4.22. The number of rotatable bonds is 7. The zero-order chi connectivity index (χ0) is 26.5. The summed E-state index contributed by atoms with van der Waals surface area (Å²) in [7, 11) is 3.94. The van der Waals surface area contributed by atoms with Crippen LogP contribution in [0.4, 0.5) is 11.5 Å². The summed E-state index contributed by atoms with van der Waals surface area (Å²) in [6, 6.07) is 19.2. The summed E-state index contributed by atoms with van der Waals surface area (Å²) in [4.78, 5) is 33.2.